The molecule has 0 saturated carbocycles. The van der Waals surface area contributed by atoms with E-state index < -0.39 is 16.1 Å². The number of methoxy groups -OCH3 is 1. The molecule has 10 heteroatoms. The number of rotatable bonds is 4. The second-order valence-corrected chi connectivity index (χ2v) is 9.61. The van der Waals surface area contributed by atoms with Crippen molar-refractivity contribution in [3.8, 4) is 5.88 Å². The van der Waals surface area contributed by atoms with Crippen LogP contribution in [0.25, 0.3) is 0 Å². The first kappa shape index (κ1) is 19.4. The highest BCUT2D eigenvalue weighted by Gasteiger charge is 2.32. The number of benzene rings is 1. The molecular formula is C20H24N4O5S. The van der Waals surface area contributed by atoms with Gasteiger partial charge >= 0.3 is 6.03 Å². The first-order chi connectivity index (χ1) is 14.5. The lowest BCUT2D eigenvalue weighted by molar-refractivity contribution is 0.0165. The van der Waals surface area contributed by atoms with Gasteiger partial charge in [-0.1, -0.05) is 6.07 Å². The molecule has 160 valence electrons. The van der Waals surface area contributed by atoms with Gasteiger partial charge in [-0.3, -0.25) is 0 Å². The summed E-state index contributed by atoms with van der Waals surface area (Å²) in [5.74, 6) is 0.116. The molecule has 9 nitrogen and oxygen atoms in total. The average molecular weight is 433 g/mol. The summed E-state index contributed by atoms with van der Waals surface area (Å²) in [6, 6.07) is 1.49. The predicted octanol–water partition coefficient (Wildman–Crippen LogP) is 1.78. The van der Waals surface area contributed by atoms with Crippen LogP contribution in [-0.2, 0) is 47.0 Å². The quantitative estimate of drug-likeness (QED) is 0.762. The lowest BCUT2D eigenvalue weighted by Crippen LogP contribution is -2.36. The van der Waals surface area contributed by atoms with E-state index in [0.717, 1.165) is 55.3 Å². The number of carbonyl (C=O) groups is 1. The Kier molecular flexibility index (Phi) is 4.70. The van der Waals surface area contributed by atoms with Crippen molar-refractivity contribution in [3.63, 3.8) is 0 Å². The summed E-state index contributed by atoms with van der Waals surface area (Å²) in [5.41, 5.74) is 5.60. The molecular weight excluding hydrogens is 408 g/mol. The molecule has 2 heterocycles. The number of anilines is 1. The van der Waals surface area contributed by atoms with Crippen LogP contribution in [-0.4, -0.2) is 44.1 Å². The van der Waals surface area contributed by atoms with E-state index in [4.69, 9.17) is 9.47 Å². The Labute approximate surface area is 174 Å². The predicted molar refractivity (Wildman–Crippen MR) is 108 cm³/mol. The topological polar surface area (TPSA) is 112 Å². The summed E-state index contributed by atoms with van der Waals surface area (Å²) in [5, 5.41) is 6.91. The zero-order chi connectivity index (χ0) is 20.9. The molecule has 1 aromatic carbocycles. The van der Waals surface area contributed by atoms with Crippen LogP contribution in [0.4, 0.5) is 10.5 Å². The minimum Gasteiger partial charge on any atom is -0.474 e. The molecule has 0 saturated heterocycles. The Bertz CT molecular complexity index is 1090. The maximum absolute atomic E-state index is 12.8. The molecule has 3 aliphatic rings. The van der Waals surface area contributed by atoms with Gasteiger partial charge in [0.15, 0.2) is 4.90 Å². The normalized spacial score (nSPS) is 19.6. The van der Waals surface area contributed by atoms with Crippen molar-refractivity contribution in [2.45, 2.75) is 56.1 Å². The van der Waals surface area contributed by atoms with E-state index in [1.165, 1.54) is 22.0 Å². The Morgan fingerprint density at radius 1 is 1.20 bits per heavy atom. The highest BCUT2D eigenvalue weighted by molar-refractivity contribution is 7.90. The van der Waals surface area contributed by atoms with Crippen LogP contribution in [0, 0.1) is 0 Å². The van der Waals surface area contributed by atoms with Gasteiger partial charge < -0.3 is 14.8 Å². The number of carbonyl (C=O) groups excluding carboxylic acids is 1. The molecule has 0 unspecified atom stereocenters. The Morgan fingerprint density at radius 3 is 2.57 bits per heavy atom. The van der Waals surface area contributed by atoms with Gasteiger partial charge in [-0.2, -0.15) is 5.10 Å². The van der Waals surface area contributed by atoms with Crippen LogP contribution in [0.2, 0.25) is 0 Å². The van der Waals surface area contributed by atoms with Crippen LogP contribution in [0.1, 0.15) is 35.1 Å². The zero-order valence-corrected chi connectivity index (χ0v) is 17.5. The van der Waals surface area contributed by atoms with Crippen molar-refractivity contribution >= 4 is 21.7 Å². The third-order valence-corrected chi connectivity index (χ3v) is 7.42. The number of sulfonamides is 1. The highest BCUT2D eigenvalue weighted by atomic mass is 32.2. The number of hydrogen-bond acceptors (Lipinski definition) is 6. The third kappa shape index (κ3) is 3.24. The van der Waals surface area contributed by atoms with Gasteiger partial charge in [-0.15, -0.1) is 0 Å². The third-order valence-electron chi connectivity index (χ3n) is 6.10. The van der Waals surface area contributed by atoms with Crippen LogP contribution >= 0.6 is 0 Å². The van der Waals surface area contributed by atoms with E-state index in [2.05, 4.69) is 21.2 Å². The fraction of sp³-hybridized carbons (Fsp3) is 0.500. The van der Waals surface area contributed by atoms with Gasteiger partial charge in [0.2, 0.25) is 5.88 Å². The molecule has 30 heavy (non-hydrogen) atoms. The molecule has 2 aliphatic carbocycles. The van der Waals surface area contributed by atoms with Crippen molar-refractivity contribution in [2.75, 3.05) is 19.0 Å². The second kappa shape index (κ2) is 7.28. The standard InChI is InChI=1S/C20H24N4O5S/c1-28-14-10-24-19(29-11-14)17(9-21-24)30(26,27)23-20(25)22-18-15-6-2-4-12(15)8-13-5-3-7-16(13)18/h8-9,14H,2-7,10-11H2,1H3,(H2,22,23,25)/t14-/m1/s1. The number of amides is 2. The largest absolute Gasteiger partial charge is 0.474 e. The van der Waals surface area contributed by atoms with Gasteiger partial charge in [0.25, 0.3) is 10.0 Å². The zero-order valence-electron chi connectivity index (χ0n) is 16.7. The second-order valence-electron chi connectivity index (χ2n) is 7.96. The monoisotopic (exact) mass is 432 g/mol. The summed E-state index contributed by atoms with van der Waals surface area (Å²) in [4.78, 5) is 12.5. The maximum atomic E-state index is 12.8. The number of aromatic nitrogens is 2. The lowest BCUT2D eigenvalue weighted by Gasteiger charge is -2.23. The van der Waals surface area contributed by atoms with Gasteiger partial charge in [-0.25, -0.2) is 22.6 Å². The van der Waals surface area contributed by atoms with E-state index in [1.807, 2.05) is 0 Å². The number of hydrogen-bond donors (Lipinski definition) is 2. The highest BCUT2D eigenvalue weighted by Crippen LogP contribution is 2.38. The van der Waals surface area contributed by atoms with E-state index >= 15 is 0 Å². The summed E-state index contributed by atoms with van der Waals surface area (Å²) in [6.07, 6.45) is 6.89. The molecule has 2 aromatic rings. The number of nitrogens with one attached hydrogen (secondary N) is 2. The maximum Gasteiger partial charge on any atom is 0.333 e. The number of fused-ring (bicyclic) bond motifs is 3. The van der Waals surface area contributed by atoms with Crippen LogP contribution in [0.5, 0.6) is 5.88 Å². The van der Waals surface area contributed by atoms with Gasteiger partial charge in [-0.05, 0) is 60.8 Å². The molecule has 2 N–H and O–H groups in total. The number of ether oxygens (including phenoxy) is 2. The minimum absolute atomic E-state index is 0.116. The summed E-state index contributed by atoms with van der Waals surface area (Å²) in [6.45, 7) is 0.606. The van der Waals surface area contributed by atoms with E-state index in [0.29, 0.717) is 6.54 Å². The van der Waals surface area contributed by atoms with Crippen LogP contribution in [0.3, 0.4) is 0 Å². The molecule has 5 rings (SSSR count). The van der Waals surface area contributed by atoms with Crippen molar-refractivity contribution in [3.05, 3.63) is 34.5 Å². The smallest absolute Gasteiger partial charge is 0.333 e. The molecule has 1 aromatic heterocycles. The summed E-state index contributed by atoms with van der Waals surface area (Å²) < 4.78 is 40.0. The molecule has 2 amide bonds. The molecule has 1 atom stereocenters. The fourth-order valence-electron chi connectivity index (χ4n) is 4.66. The first-order valence-electron chi connectivity index (χ1n) is 10.2. The summed E-state index contributed by atoms with van der Waals surface area (Å²) in [7, 11) is -2.58. The van der Waals surface area contributed by atoms with E-state index in [1.54, 1.807) is 7.11 Å². The van der Waals surface area contributed by atoms with Gasteiger partial charge in [0.05, 0.1) is 12.7 Å². The van der Waals surface area contributed by atoms with Crippen molar-refractivity contribution in [1.29, 1.82) is 0 Å². The lowest BCUT2D eigenvalue weighted by atomic mass is 9.99. The van der Waals surface area contributed by atoms with Crippen LogP contribution < -0.4 is 14.8 Å². The van der Waals surface area contributed by atoms with Crippen LogP contribution in [0.15, 0.2) is 17.2 Å². The van der Waals surface area contributed by atoms with E-state index in [-0.39, 0.29) is 23.5 Å². The molecule has 0 radical (unpaired) electrons. The first-order valence-corrected chi connectivity index (χ1v) is 11.7. The number of aryl methyl sites for hydroxylation is 2. The fourth-order valence-corrected chi connectivity index (χ4v) is 5.65. The van der Waals surface area contributed by atoms with Crippen molar-refractivity contribution < 1.29 is 22.7 Å². The van der Waals surface area contributed by atoms with Gasteiger partial charge in [0, 0.05) is 12.8 Å². The average Bonchev–Trinajstić information content (AvgIpc) is 3.45. The minimum atomic E-state index is -4.14. The number of nitrogens with zero attached hydrogens (tertiary/aromatic N) is 2. The summed E-state index contributed by atoms with van der Waals surface area (Å²) >= 11 is 0. The Hall–Kier alpha value is -2.59. The van der Waals surface area contributed by atoms with E-state index in [9.17, 15) is 13.2 Å². The molecule has 1 aliphatic heterocycles. The Morgan fingerprint density at radius 2 is 1.90 bits per heavy atom. The van der Waals surface area contributed by atoms with Gasteiger partial charge in [0.1, 0.15) is 12.7 Å². The molecule has 0 spiro atoms. The molecule has 0 fully saturated rings. The molecule has 0 bridgehead atoms. The number of urea groups is 1. The van der Waals surface area contributed by atoms with Crippen molar-refractivity contribution in [1.82, 2.24) is 14.5 Å². The Balaban J connectivity index is 1.38. The SMILES string of the molecule is CO[C@H]1COc2c(S(=O)(=O)NC(=O)Nc3c4c(cc5c3CCC5)CCC4)cnn2C1. The van der Waals surface area contributed by atoms with Crippen molar-refractivity contribution in [2.24, 2.45) is 0 Å².